The fourth-order valence-corrected chi connectivity index (χ4v) is 3.17. The van der Waals surface area contributed by atoms with Gasteiger partial charge in [-0.15, -0.1) is 0 Å². The summed E-state index contributed by atoms with van der Waals surface area (Å²) in [5, 5.41) is 2.99. The van der Waals surface area contributed by atoms with E-state index in [0.717, 1.165) is 31.4 Å². The summed E-state index contributed by atoms with van der Waals surface area (Å²) < 4.78 is 41.9. The van der Waals surface area contributed by atoms with E-state index in [-0.39, 0.29) is 5.25 Å². The van der Waals surface area contributed by atoms with Gasteiger partial charge in [0.15, 0.2) is 11.5 Å². The third kappa shape index (κ3) is 7.01. The Morgan fingerprint density at radius 3 is 2.00 bits per heavy atom. The van der Waals surface area contributed by atoms with Crippen molar-refractivity contribution in [1.29, 1.82) is 0 Å². The molecule has 0 bridgehead atoms. The molecule has 0 aliphatic rings. The van der Waals surface area contributed by atoms with Crippen molar-refractivity contribution in [2.24, 2.45) is 0 Å². The normalized spacial score (nSPS) is 11.6. The Kier molecular flexibility index (Phi) is 9.75. The molecule has 0 saturated carbocycles. The molecule has 0 saturated heterocycles. The minimum atomic E-state index is -3.15. The van der Waals surface area contributed by atoms with Crippen LogP contribution < -0.4 is 24.2 Å². The van der Waals surface area contributed by atoms with Crippen molar-refractivity contribution in [3.05, 3.63) is 17.7 Å². The van der Waals surface area contributed by atoms with E-state index in [2.05, 4.69) is 10.0 Å². The maximum absolute atomic E-state index is 11.6. The van der Waals surface area contributed by atoms with Crippen molar-refractivity contribution >= 4 is 10.0 Å². The van der Waals surface area contributed by atoms with Crippen LogP contribution in [0.25, 0.3) is 0 Å². The molecule has 0 spiro atoms. The third-order valence-electron chi connectivity index (χ3n) is 4.01. The quantitative estimate of drug-likeness (QED) is 0.504. The van der Waals surface area contributed by atoms with Crippen LogP contribution in [0.4, 0.5) is 0 Å². The van der Waals surface area contributed by atoms with Crippen molar-refractivity contribution in [1.82, 2.24) is 10.0 Å². The Morgan fingerprint density at radius 1 is 0.923 bits per heavy atom. The van der Waals surface area contributed by atoms with E-state index >= 15 is 0 Å². The molecule has 1 rings (SSSR count). The number of unbranched alkanes of at least 4 members (excludes halogenated alkanes) is 2. The summed E-state index contributed by atoms with van der Waals surface area (Å²) in [6.45, 7) is 5.39. The van der Waals surface area contributed by atoms with Crippen LogP contribution in [-0.4, -0.2) is 48.1 Å². The van der Waals surface area contributed by atoms with E-state index in [1.54, 1.807) is 35.2 Å². The van der Waals surface area contributed by atoms with Crippen LogP contribution in [0.3, 0.4) is 0 Å². The number of rotatable bonds is 13. The molecule has 0 heterocycles. The summed E-state index contributed by atoms with van der Waals surface area (Å²) in [6, 6.07) is 3.85. The molecule has 0 aliphatic carbocycles. The lowest BCUT2D eigenvalue weighted by Crippen LogP contribution is -2.31. The Morgan fingerprint density at radius 2 is 1.50 bits per heavy atom. The number of hydrogen-bond donors (Lipinski definition) is 2. The lowest BCUT2D eigenvalue weighted by molar-refractivity contribution is 0.323. The van der Waals surface area contributed by atoms with E-state index < -0.39 is 10.0 Å². The first-order valence-corrected chi connectivity index (χ1v) is 10.4. The number of benzene rings is 1. The largest absolute Gasteiger partial charge is 0.493 e. The van der Waals surface area contributed by atoms with Crippen molar-refractivity contribution in [3.8, 4) is 17.2 Å². The van der Waals surface area contributed by atoms with Gasteiger partial charge in [-0.25, -0.2) is 13.1 Å². The average Bonchev–Trinajstić information content (AvgIpc) is 2.62. The maximum Gasteiger partial charge on any atom is 0.213 e. The highest BCUT2D eigenvalue weighted by Gasteiger charge is 2.14. The number of hydrogen-bond acceptors (Lipinski definition) is 6. The molecule has 2 N–H and O–H groups in total. The molecule has 1 aromatic carbocycles. The van der Waals surface area contributed by atoms with Crippen LogP contribution in [0.1, 0.15) is 38.7 Å². The van der Waals surface area contributed by atoms with E-state index in [9.17, 15) is 8.42 Å². The van der Waals surface area contributed by atoms with Crippen LogP contribution in [0.5, 0.6) is 17.2 Å². The van der Waals surface area contributed by atoms with Crippen LogP contribution in [0.2, 0.25) is 0 Å². The van der Waals surface area contributed by atoms with Gasteiger partial charge in [0, 0.05) is 13.1 Å². The summed E-state index contributed by atoms with van der Waals surface area (Å²) in [4.78, 5) is 0. The fraction of sp³-hybridized carbons (Fsp3) is 0.667. The lowest BCUT2D eigenvalue weighted by atomic mass is 10.1. The van der Waals surface area contributed by atoms with Gasteiger partial charge in [0.2, 0.25) is 15.8 Å². The van der Waals surface area contributed by atoms with Gasteiger partial charge in [0.25, 0.3) is 0 Å². The molecular formula is C18H32N2O5S. The molecule has 0 aliphatic heterocycles. The first kappa shape index (κ1) is 22.5. The second-order valence-corrected chi connectivity index (χ2v) is 8.58. The average molecular weight is 389 g/mol. The minimum absolute atomic E-state index is 0.386. The van der Waals surface area contributed by atoms with Crippen LogP contribution in [0, 0.1) is 0 Å². The summed E-state index contributed by atoms with van der Waals surface area (Å²) >= 11 is 0. The molecule has 7 nitrogen and oxygen atoms in total. The van der Waals surface area contributed by atoms with Gasteiger partial charge in [0.05, 0.1) is 26.6 Å². The van der Waals surface area contributed by atoms with Gasteiger partial charge in [-0.1, -0.05) is 6.42 Å². The molecule has 8 heteroatoms. The van der Waals surface area contributed by atoms with Gasteiger partial charge in [0.1, 0.15) is 0 Å². The number of methoxy groups -OCH3 is 3. The number of ether oxygens (including phenoxy) is 3. The van der Waals surface area contributed by atoms with Crippen molar-refractivity contribution in [2.75, 3.05) is 34.4 Å². The number of nitrogens with one attached hydrogen (secondary N) is 2. The van der Waals surface area contributed by atoms with Crippen molar-refractivity contribution in [2.45, 2.75) is 44.9 Å². The molecule has 1 aromatic rings. The fourth-order valence-electron chi connectivity index (χ4n) is 2.40. The second-order valence-electron chi connectivity index (χ2n) is 6.26. The standard InChI is InChI=1S/C18H32N2O5S/c1-14(2)26(21,22)20-10-8-6-7-9-19-13-15-11-16(23-3)18(25-5)17(12-15)24-4/h11-12,14,19-20H,6-10,13H2,1-5H3. The zero-order valence-corrected chi connectivity index (χ0v) is 17.2. The highest BCUT2D eigenvalue weighted by molar-refractivity contribution is 7.90. The summed E-state index contributed by atoms with van der Waals surface area (Å²) in [5.74, 6) is 1.87. The van der Waals surface area contributed by atoms with E-state index in [4.69, 9.17) is 14.2 Å². The van der Waals surface area contributed by atoms with Gasteiger partial charge >= 0.3 is 0 Å². The lowest BCUT2D eigenvalue weighted by Gasteiger charge is -2.14. The summed E-state index contributed by atoms with van der Waals surface area (Å²) in [5.41, 5.74) is 1.05. The SMILES string of the molecule is COc1cc(CNCCCCCNS(=O)(=O)C(C)C)cc(OC)c1OC. The Labute approximate surface area is 157 Å². The highest BCUT2D eigenvalue weighted by Crippen LogP contribution is 2.38. The Bertz CT molecular complexity index is 622. The smallest absolute Gasteiger partial charge is 0.213 e. The van der Waals surface area contributed by atoms with E-state index in [1.807, 2.05) is 12.1 Å². The van der Waals surface area contributed by atoms with Gasteiger partial charge in [-0.3, -0.25) is 0 Å². The number of sulfonamides is 1. The van der Waals surface area contributed by atoms with Gasteiger partial charge < -0.3 is 19.5 Å². The molecule has 0 radical (unpaired) electrons. The first-order valence-electron chi connectivity index (χ1n) is 8.83. The Hall–Kier alpha value is -1.51. The minimum Gasteiger partial charge on any atom is -0.493 e. The summed E-state index contributed by atoms with van der Waals surface area (Å²) in [7, 11) is 1.63. The molecule has 0 amide bonds. The highest BCUT2D eigenvalue weighted by atomic mass is 32.2. The molecule has 26 heavy (non-hydrogen) atoms. The molecular weight excluding hydrogens is 356 g/mol. The molecule has 0 fully saturated rings. The zero-order valence-electron chi connectivity index (χ0n) is 16.4. The maximum atomic E-state index is 11.6. The van der Waals surface area contributed by atoms with Crippen molar-refractivity contribution < 1.29 is 22.6 Å². The van der Waals surface area contributed by atoms with Crippen LogP contribution in [-0.2, 0) is 16.6 Å². The van der Waals surface area contributed by atoms with E-state index in [1.165, 1.54) is 0 Å². The topological polar surface area (TPSA) is 85.9 Å². The third-order valence-corrected chi connectivity index (χ3v) is 5.86. The monoisotopic (exact) mass is 388 g/mol. The first-order chi connectivity index (χ1) is 12.4. The van der Waals surface area contributed by atoms with Crippen LogP contribution >= 0.6 is 0 Å². The Balaban J connectivity index is 2.32. The predicted octanol–water partition coefficient (Wildman–Crippen LogP) is 2.30. The zero-order chi connectivity index (χ0) is 19.6. The molecule has 150 valence electrons. The van der Waals surface area contributed by atoms with E-state index in [0.29, 0.717) is 30.3 Å². The van der Waals surface area contributed by atoms with Crippen molar-refractivity contribution in [3.63, 3.8) is 0 Å². The molecule has 0 atom stereocenters. The molecule has 0 aromatic heterocycles. The van der Waals surface area contributed by atoms with Crippen LogP contribution in [0.15, 0.2) is 12.1 Å². The molecule has 0 unspecified atom stereocenters. The summed E-state index contributed by atoms with van der Waals surface area (Å²) in [6.07, 6.45) is 2.77. The van der Waals surface area contributed by atoms with Gasteiger partial charge in [-0.2, -0.15) is 0 Å². The predicted molar refractivity (Wildman–Crippen MR) is 104 cm³/mol. The van der Waals surface area contributed by atoms with Gasteiger partial charge in [-0.05, 0) is 50.9 Å². The second kappa shape index (κ2) is 11.3.